The monoisotopic (exact) mass is 369 g/mol. The van der Waals surface area contributed by atoms with Crippen LogP contribution in [0.1, 0.15) is 25.0 Å². The lowest BCUT2D eigenvalue weighted by Crippen LogP contribution is -2.30. The predicted octanol–water partition coefficient (Wildman–Crippen LogP) is 3.13. The van der Waals surface area contributed by atoms with Crippen molar-refractivity contribution >= 4 is 17.6 Å². The Morgan fingerprint density at radius 3 is 2.41 bits per heavy atom. The van der Waals surface area contributed by atoms with Crippen LogP contribution in [0.15, 0.2) is 42.5 Å². The SMILES string of the molecule is CCc1ccc(NC(=O)[C@@H](C)OC(=O)Cc2ccc3c(c2)OCCO3)cc1. The van der Waals surface area contributed by atoms with Crippen molar-refractivity contribution in [2.45, 2.75) is 32.8 Å². The van der Waals surface area contributed by atoms with Gasteiger partial charge in [-0.15, -0.1) is 0 Å². The maximum absolute atomic E-state index is 12.2. The molecule has 1 N–H and O–H groups in total. The number of benzene rings is 2. The standard InChI is InChI=1S/C21H23NO5/c1-3-15-4-7-17(8-5-15)22-21(24)14(2)27-20(23)13-16-6-9-18-19(12-16)26-11-10-25-18/h4-9,12,14H,3,10-11,13H2,1-2H3,(H,22,24)/t14-/m1/s1. The van der Waals surface area contributed by atoms with Crippen LogP contribution in [0.2, 0.25) is 0 Å². The van der Waals surface area contributed by atoms with Crippen molar-refractivity contribution in [3.63, 3.8) is 0 Å². The van der Waals surface area contributed by atoms with Crippen LogP contribution in [0.25, 0.3) is 0 Å². The van der Waals surface area contributed by atoms with Gasteiger partial charge >= 0.3 is 5.97 Å². The van der Waals surface area contributed by atoms with E-state index in [1.54, 1.807) is 25.1 Å². The van der Waals surface area contributed by atoms with Crippen LogP contribution < -0.4 is 14.8 Å². The lowest BCUT2D eigenvalue weighted by atomic mass is 10.1. The van der Waals surface area contributed by atoms with Gasteiger partial charge in [0.1, 0.15) is 13.2 Å². The number of rotatable bonds is 6. The number of aryl methyl sites for hydroxylation is 1. The summed E-state index contributed by atoms with van der Waals surface area (Å²) in [6.07, 6.45) is 0.0993. The molecule has 0 spiro atoms. The highest BCUT2D eigenvalue weighted by Crippen LogP contribution is 2.30. The van der Waals surface area contributed by atoms with Crippen molar-refractivity contribution in [1.82, 2.24) is 0 Å². The number of amides is 1. The number of fused-ring (bicyclic) bond motifs is 1. The smallest absolute Gasteiger partial charge is 0.311 e. The Morgan fingerprint density at radius 2 is 1.70 bits per heavy atom. The molecule has 0 saturated carbocycles. The molecule has 6 nitrogen and oxygen atoms in total. The summed E-state index contributed by atoms with van der Waals surface area (Å²) in [7, 11) is 0. The summed E-state index contributed by atoms with van der Waals surface area (Å²) in [6, 6.07) is 12.9. The molecule has 0 fully saturated rings. The maximum atomic E-state index is 12.2. The number of esters is 1. The molecule has 0 saturated heterocycles. The number of ether oxygens (including phenoxy) is 3. The molecule has 1 heterocycles. The fraction of sp³-hybridized carbons (Fsp3) is 0.333. The van der Waals surface area contributed by atoms with E-state index in [4.69, 9.17) is 14.2 Å². The van der Waals surface area contributed by atoms with Crippen LogP contribution in [0, 0.1) is 0 Å². The van der Waals surface area contributed by atoms with Crippen LogP contribution in [0.4, 0.5) is 5.69 Å². The average molecular weight is 369 g/mol. The molecule has 3 rings (SSSR count). The first-order valence-corrected chi connectivity index (χ1v) is 9.03. The molecule has 0 unspecified atom stereocenters. The second-order valence-electron chi connectivity index (χ2n) is 6.33. The lowest BCUT2D eigenvalue weighted by molar-refractivity contribution is -0.152. The Balaban J connectivity index is 1.52. The van der Waals surface area contributed by atoms with E-state index in [2.05, 4.69) is 12.2 Å². The van der Waals surface area contributed by atoms with Gasteiger partial charge in [0.2, 0.25) is 0 Å². The van der Waals surface area contributed by atoms with E-state index in [0.717, 1.165) is 12.0 Å². The maximum Gasteiger partial charge on any atom is 0.311 e. The number of hydrogen-bond donors (Lipinski definition) is 1. The van der Waals surface area contributed by atoms with Gasteiger partial charge in [-0.05, 0) is 48.7 Å². The third kappa shape index (κ3) is 5.00. The normalized spacial score (nSPS) is 13.6. The minimum absolute atomic E-state index is 0.0550. The second kappa shape index (κ2) is 8.58. The molecule has 2 aromatic rings. The first-order valence-electron chi connectivity index (χ1n) is 9.03. The molecule has 0 aliphatic carbocycles. The van der Waals surface area contributed by atoms with Crippen molar-refractivity contribution in [2.75, 3.05) is 18.5 Å². The molecule has 27 heavy (non-hydrogen) atoms. The van der Waals surface area contributed by atoms with Gasteiger partial charge in [-0.3, -0.25) is 9.59 Å². The summed E-state index contributed by atoms with van der Waals surface area (Å²) >= 11 is 0. The Labute approximate surface area is 158 Å². The van der Waals surface area contributed by atoms with E-state index >= 15 is 0 Å². The average Bonchev–Trinajstić information content (AvgIpc) is 2.68. The van der Waals surface area contributed by atoms with Gasteiger partial charge in [0.15, 0.2) is 17.6 Å². The first-order chi connectivity index (χ1) is 13.0. The number of nitrogens with one attached hydrogen (secondary N) is 1. The fourth-order valence-electron chi connectivity index (χ4n) is 2.72. The van der Waals surface area contributed by atoms with Crippen LogP contribution in [0.5, 0.6) is 11.5 Å². The Bertz CT molecular complexity index is 816. The minimum atomic E-state index is -0.888. The summed E-state index contributed by atoms with van der Waals surface area (Å²) in [5.74, 6) is 0.443. The van der Waals surface area contributed by atoms with E-state index in [1.807, 2.05) is 24.3 Å². The van der Waals surface area contributed by atoms with Crippen molar-refractivity contribution in [3.8, 4) is 11.5 Å². The molecule has 2 aromatic carbocycles. The molecule has 6 heteroatoms. The molecule has 0 bridgehead atoms. The van der Waals surface area contributed by atoms with E-state index in [0.29, 0.717) is 30.4 Å². The third-order valence-electron chi connectivity index (χ3n) is 4.26. The van der Waals surface area contributed by atoms with Gasteiger partial charge in [0.25, 0.3) is 5.91 Å². The largest absolute Gasteiger partial charge is 0.486 e. The zero-order valence-electron chi connectivity index (χ0n) is 15.5. The van der Waals surface area contributed by atoms with Gasteiger partial charge in [-0.25, -0.2) is 0 Å². The predicted molar refractivity (Wildman–Crippen MR) is 101 cm³/mol. The van der Waals surface area contributed by atoms with Crippen molar-refractivity contribution < 1.29 is 23.8 Å². The van der Waals surface area contributed by atoms with Gasteiger partial charge in [-0.2, -0.15) is 0 Å². The first kappa shape index (κ1) is 18.8. The van der Waals surface area contributed by atoms with Gasteiger partial charge in [0, 0.05) is 5.69 Å². The molecule has 142 valence electrons. The topological polar surface area (TPSA) is 73.9 Å². The van der Waals surface area contributed by atoms with E-state index < -0.39 is 12.1 Å². The van der Waals surface area contributed by atoms with Gasteiger partial charge in [0.05, 0.1) is 6.42 Å². The number of carbonyl (C=O) groups is 2. The molecule has 0 radical (unpaired) electrons. The highest BCUT2D eigenvalue weighted by molar-refractivity contribution is 5.95. The Hall–Kier alpha value is -3.02. The molecular weight excluding hydrogens is 346 g/mol. The van der Waals surface area contributed by atoms with E-state index in [1.165, 1.54) is 5.56 Å². The number of anilines is 1. The van der Waals surface area contributed by atoms with Crippen LogP contribution >= 0.6 is 0 Å². The van der Waals surface area contributed by atoms with Crippen LogP contribution in [-0.2, 0) is 27.2 Å². The van der Waals surface area contributed by atoms with Crippen molar-refractivity contribution in [1.29, 1.82) is 0 Å². The number of hydrogen-bond acceptors (Lipinski definition) is 5. The lowest BCUT2D eigenvalue weighted by Gasteiger charge is -2.19. The molecule has 1 aliphatic heterocycles. The Kier molecular flexibility index (Phi) is 5.96. The molecule has 1 aliphatic rings. The molecule has 1 amide bonds. The third-order valence-corrected chi connectivity index (χ3v) is 4.26. The summed E-state index contributed by atoms with van der Waals surface area (Å²) in [4.78, 5) is 24.4. The summed E-state index contributed by atoms with van der Waals surface area (Å²) < 4.78 is 16.2. The summed E-state index contributed by atoms with van der Waals surface area (Å²) in [5.41, 5.74) is 2.60. The van der Waals surface area contributed by atoms with Crippen LogP contribution in [-0.4, -0.2) is 31.2 Å². The molecule has 1 atom stereocenters. The fourth-order valence-corrected chi connectivity index (χ4v) is 2.72. The zero-order valence-corrected chi connectivity index (χ0v) is 15.5. The molecular formula is C21H23NO5. The molecule has 0 aromatic heterocycles. The van der Waals surface area contributed by atoms with E-state index in [-0.39, 0.29) is 12.3 Å². The van der Waals surface area contributed by atoms with Crippen LogP contribution in [0.3, 0.4) is 0 Å². The minimum Gasteiger partial charge on any atom is -0.486 e. The highest BCUT2D eigenvalue weighted by Gasteiger charge is 2.19. The second-order valence-corrected chi connectivity index (χ2v) is 6.33. The van der Waals surface area contributed by atoms with Crippen molar-refractivity contribution in [2.24, 2.45) is 0 Å². The summed E-state index contributed by atoms with van der Waals surface area (Å²) in [6.45, 7) is 4.62. The Morgan fingerprint density at radius 1 is 1.04 bits per heavy atom. The quantitative estimate of drug-likeness (QED) is 0.792. The van der Waals surface area contributed by atoms with Gasteiger partial charge in [-0.1, -0.05) is 25.1 Å². The van der Waals surface area contributed by atoms with Gasteiger partial charge < -0.3 is 19.5 Å². The van der Waals surface area contributed by atoms with E-state index in [9.17, 15) is 9.59 Å². The zero-order chi connectivity index (χ0) is 19.2. The van der Waals surface area contributed by atoms with Crippen molar-refractivity contribution in [3.05, 3.63) is 53.6 Å². The highest BCUT2D eigenvalue weighted by atomic mass is 16.6. The number of carbonyl (C=O) groups excluding carboxylic acids is 2. The summed E-state index contributed by atoms with van der Waals surface area (Å²) in [5, 5.41) is 2.75.